The number of anilines is 3. The highest BCUT2D eigenvalue weighted by atomic mass is 16.5. The molecule has 7 heteroatoms. The maximum absolute atomic E-state index is 12.3. The monoisotopic (exact) mass is 340 g/mol. The number of carbonyl (C=O) groups is 2. The van der Waals surface area contributed by atoms with Crippen LogP contribution in [0.15, 0.2) is 48.5 Å². The average molecular weight is 340 g/mol. The molecule has 3 N–H and O–H groups in total. The molecule has 3 rings (SSSR count). The van der Waals surface area contributed by atoms with Crippen molar-refractivity contribution in [3.63, 3.8) is 0 Å². The Labute approximate surface area is 146 Å². The summed E-state index contributed by atoms with van der Waals surface area (Å²) in [5.74, 6) is 0.698. The molecule has 1 aliphatic rings. The third-order valence-electron chi connectivity index (χ3n) is 3.88. The zero-order valence-corrected chi connectivity index (χ0v) is 13.9. The number of urea groups is 1. The first-order valence-corrected chi connectivity index (χ1v) is 7.98. The minimum atomic E-state index is -0.348. The molecule has 2 aromatic rings. The fourth-order valence-corrected chi connectivity index (χ4v) is 2.66. The molecule has 2 aromatic carbocycles. The Bertz CT molecular complexity index is 761. The van der Waals surface area contributed by atoms with E-state index in [-0.39, 0.29) is 18.5 Å². The van der Waals surface area contributed by atoms with Gasteiger partial charge in [-0.2, -0.15) is 0 Å². The van der Waals surface area contributed by atoms with Gasteiger partial charge in [-0.1, -0.05) is 12.1 Å². The second-order valence-electron chi connectivity index (χ2n) is 5.60. The molecule has 130 valence electrons. The summed E-state index contributed by atoms with van der Waals surface area (Å²) in [5.41, 5.74) is 2.14. The van der Waals surface area contributed by atoms with Crippen molar-refractivity contribution in [3.8, 4) is 5.75 Å². The molecule has 7 nitrogen and oxygen atoms in total. The Morgan fingerprint density at radius 3 is 2.60 bits per heavy atom. The number of carbonyl (C=O) groups excluding carboxylic acids is 2. The Hall–Kier alpha value is -3.22. The standard InChI is InChI=1S/C18H20N4O3/c1-25-14-8-6-13(7-9-14)20-18(24)21-15-4-2-3-5-16(15)22-11-10-19-17(23)12-22/h2-9H,10-12H2,1H3,(H,19,23)(H2,20,21,24). The van der Waals surface area contributed by atoms with E-state index in [1.807, 2.05) is 29.2 Å². The van der Waals surface area contributed by atoms with Crippen molar-refractivity contribution < 1.29 is 14.3 Å². The van der Waals surface area contributed by atoms with E-state index in [1.54, 1.807) is 31.4 Å². The summed E-state index contributed by atoms with van der Waals surface area (Å²) in [6, 6.07) is 14.2. The van der Waals surface area contributed by atoms with Gasteiger partial charge in [0.2, 0.25) is 5.91 Å². The molecule has 0 radical (unpaired) electrons. The van der Waals surface area contributed by atoms with Gasteiger partial charge < -0.3 is 25.6 Å². The first-order valence-electron chi connectivity index (χ1n) is 7.98. The van der Waals surface area contributed by atoms with Gasteiger partial charge in [0.1, 0.15) is 5.75 Å². The molecule has 0 atom stereocenters. The number of rotatable bonds is 4. The lowest BCUT2D eigenvalue weighted by Gasteiger charge is -2.30. The molecule has 1 saturated heterocycles. The van der Waals surface area contributed by atoms with Gasteiger partial charge >= 0.3 is 6.03 Å². The number of nitrogens with zero attached hydrogens (tertiary/aromatic N) is 1. The molecule has 3 amide bonds. The van der Waals surface area contributed by atoms with Gasteiger partial charge in [-0.25, -0.2) is 4.79 Å². The number of hydrogen-bond donors (Lipinski definition) is 3. The molecule has 0 bridgehead atoms. The van der Waals surface area contributed by atoms with Crippen LogP contribution in [0.3, 0.4) is 0 Å². The van der Waals surface area contributed by atoms with Crippen molar-refractivity contribution in [2.24, 2.45) is 0 Å². The fourth-order valence-electron chi connectivity index (χ4n) is 2.66. The Balaban J connectivity index is 1.69. The molecular formula is C18H20N4O3. The van der Waals surface area contributed by atoms with E-state index in [1.165, 1.54) is 0 Å². The number of para-hydroxylation sites is 2. The number of methoxy groups -OCH3 is 1. The average Bonchev–Trinajstić information content (AvgIpc) is 2.63. The number of ether oxygens (including phenoxy) is 1. The number of benzene rings is 2. The van der Waals surface area contributed by atoms with Crippen molar-refractivity contribution in [2.75, 3.05) is 42.3 Å². The lowest BCUT2D eigenvalue weighted by atomic mass is 10.2. The maximum Gasteiger partial charge on any atom is 0.323 e. The number of amides is 3. The summed E-state index contributed by atoms with van der Waals surface area (Å²) in [4.78, 5) is 25.8. The second-order valence-corrected chi connectivity index (χ2v) is 5.60. The lowest BCUT2D eigenvalue weighted by Crippen LogP contribution is -2.48. The van der Waals surface area contributed by atoms with Crippen LogP contribution >= 0.6 is 0 Å². The van der Waals surface area contributed by atoms with Crippen molar-refractivity contribution >= 4 is 29.0 Å². The Morgan fingerprint density at radius 1 is 1.12 bits per heavy atom. The molecule has 0 aliphatic carbocycles. The van der Waals surface area contributed by atoms with Gasteiger partial charge in [0.05, 0.1) is 25.0 Å². The quantitative estimate of drug-likeness (QED) is 0.797. The third-order valence-corrected chi connectivity index (χ3v) is 3.88. The summed E-state index contributed by atoms with van der Waals surface area (Å²) < 4.78 is 5.09. The molecule has 0 saturated carbocycles. The smallest absolute Gasteiger partial charge is 0.323 e. The van der Waals surface area contributed by atoms with E-state index in [0.717, 1.165) is 11.4 Å². The highest BCUT2D eigenvalue weighted by molar-refractivity contribution is 6.02. The van der Waals surface area contributed by atoms with Crippen LogP contribution in [0, 0.1) is 0 Å². The summed E-state index contributed by atoms with van der Waals surface area (Å²) in [6.07, 6.45) is 0. The Morgan fingerprint density at radius 2 is 1.88 bits per heavy atom. The van der Waals surface area contributed by atoms with E-state index >= 15 is 0 Å². The van der Waals surface area contributed by atoms with Gasteiger partial charge in [0.25, 0.3) is 0 Å². The topological polar surface area (TPSA) is 82.7 Å². The van der Waals surface area contributed by atoms with Gasteiger partial charge in [0, 0.05) is 18.8 Å². The summed E-state index contributed by atoms with van der Waals surface area (Å²) in [7, 11) is 1.59. The summed E-state index contributed by atoms with van der Waals surface area (Å²) in [5, 5.41) is 8.42. The summed E-state index contributed by atoms with van der Waals surface area (Å²) >= 11 is 0. The number of hydrogen-bond acceptors (Lipinski definition) is 4. The molecule has 0 unspecified atom stereocenters. The van der Waals surface area contributed by atoms with Crippen LogP contribution in [0.2, 0.25) is 0 Å². The number of nitrogens with one attached hydrogen (secondary N) is 3. The van der Waals surface area contributed by atoms with Gasteiger partial charge in [-0.15, -0.1) is 0 Å². The van der Waals surface area contributed by atoms with Crippen LogP contribution in [-0.2, 0) is 4.79 Å². The van der Waals surface area contributed by atoms with Crippen molar-refractivity contribution in [3.05, 3.63) is 48.5 Å². The predicted octanol–water partition coefficient (Wildman–Crippen LogP) is 2.28. The molecule has 25 heavy (non-hydrogen) atoms. The normalized spacial score (nSPS) is 13.8. The van der Waals surface area contributed by atoms with Gasteiger partial charge in [-0.3, -0.25) is 4.79 Å². The largest absolute Gasteiger partial charge is 0.497 e. The van der Waals surface area contributed by atoms with Crippen LogP contribution < -0.4 is 25.6 Å². The third kappa shape index (κ3) is 4.20. The first kappa shape index (κ1) is 16.6. The lowest BCUT2D eigenvalue weighted by molar-refractivity contribution is -0.120. The van der Waals surface area contributed by atoms with Gasteiger partial charge in [0.15, 0.2) is 0 Å². The van der Waals surface area contributed by atoms with Crippen LogP contribution in [0.4, 0.5) is 21.9 Å². The SMILES string of the molecule is COc1ccc(NC(=O)Nc2ccccc2N2CCNC(=O)C2)cc1. The van der Waals surface area contributed by atoms with Crippen molar-refractivity contribution in [2.45, 2.75) is 0 Å². The van der Waals surface area contributed by atoms with Crippen LogP contribution in [0.1, 0.15) is 0 Å². The van der Waals surface area contributed by atoms with Crippen LogP contribution in [0.25, 0.3) is 0 Å². The molecule has 1 aliphatic heterocycles. The van der Waals surface area contributed by atoms with Crippen molar-refractivity contribution in [1.82, 2.24) is 5.32 Å². The first-order chi connectivity index (χ1) is 12.2. The van der Waals surface area contributed by atoms with E-state index in [2.05, 4.69) is 16.0 Å². The summed E-state index contributed by atoms with van der Waals surface area (Å²) in [6.45, 7) is 1.56. The van der Waals surface area contributed by atoms with Crippen molar-refractivity contribution in [1.29, 1.82) is 0 Å². The fraction of sp³-hybridized carbons (Fsp3) is 0.222. The van der Waals surface area contributed by atoms with Gasteiger partial charge in [-0.05, 0) is 36.4 Å². The highest BCUT2D eigenvalue weighted by Crippen LogP contribution is 2.26. The van der Waals surface area contributed by atoms with Crippen LogP contribution in [0.5, 0.6) is 5.75 Å². The van der Waals surface area contributed by atoms with Crippen LogP contribution in [-0.4, -0.2) is 38.7 Å². The van der Waals surface area contributed by atoms with E-state index < -0.39 is 0 Å². The zero-order valence-electron chi connectivity index (χ0n) is 13.9. The number of piperazine rings is 1. The van der Waals surface area contributed by atoms with E-state index in [9.17, 15) is 9.59 Å². The van der Waals surface area contributed by atoms with E-state index in [0.29, 0.717) is 24.5 Å². The highest BCUT2D eigenvalue weighted by Gasteiger charge is 2.19. The van der Waals surface area contributed by atoms with E-state index in [4.69, 9.17) is 4.74 Å². The Kier molecular flexibility index (Phi) is 5.03. The predicted molar refractivity (Wildman–Crippen MR) is 97.3 cm³/mol. The minimum absolute atomic E-state index is 0.0243. The molecular weight excluding hydrogens is 320 g/mol. The zero-order chi connectivity index (χ0) is 17.6. The molecule has 1 heterocycles. The molecule has 0 spiro atoms. The molecule has 0 aromatic heterocycles. The second kappa shape index (κ2) is 7.57. The molecule has 1 fully saturated rings. The maximum atomic E-state index is 12.3. The minimum Gasteiger partial charge on any atom is -0.497 e.